The zero-order valence-corrected chi connectivity index (χ0v) is 13.5. The van der Waals surface area contributed by atoms with E-state index < -0.39 is 0 Å². The number of aromatic nitrogens is 1. The molecule has 0 saturated carbocycles. The maximum absolute atomic E-state index is 5.82. The van der Waals surface area contributed by atoms with Crippen LogP contribution >= 0.6 is 0 Å². The number of rotatable bonds is 7. The molecule has 2 aromatic rings. The van der Waals surface area contributed by atoms with Crippen molar-refractivity contribution >= 4 is 10.9 Å². The first-order chi connectivity index (χ1) is 10.2. The Kier molecular flexibility index (Phi) is 5.71. The van der Waals surface area contributed by atoms with Gasteiger partial charge in [-0.3, -0.25) is 9.88 Å². The summed E-state index contributed by atoms with van der Waals surface area (Å²) >= 11 is 0. The van der Waals surface area contributed by atoms with E-state index in [9.17, 15) is 0 Å². The molecule has 0 aliphatic rings. The third kappa shape index (κ3) is 3.80. The highest BCUT2D eigenvalue weighted by Crippen LogP contribution is 2.21. The van der Waals surface area contributed by atoms with Crippen molar-refractivity contribution in [1.29, 1.82) is 0 Å². The normalized spacial score (nSPS) is 11.7. The molecule has 1 aromatic heterocycles. The molecule has 0 spiro atoms. The molecule has 0 fully saturated rings. The second-order valence-corrected chi connectivity index (χ2v) is 5.67. The van der Waals surface area contributed by atoms with Crippen LogP contribution in [0.4, 0.5) is 0 Å². The second kappa shape index (κ2) is 7.53. The highest BCUT2D eigenvalue weighted by Gasteiger charge is 2.16. The van der Waals surface area contributed by atoms with Crippen molar-refractivity contribution in [2.75, 3.05) is 13.1 Å². The Hall–Kier alpha value is -1.45. The lowest BCUT2D eigenvalue weighted by molar-refractivity contribution is 0.183. The summed E-state index contributed by atoms with van der Waals surface area (Å²) in [5.74, 6) is 0. The molecule has 0 bridgehead atoms. The van der Waals surface area contributed by atoms with Gasteiger partial charge in [-0.25, -0.2) is 0 Å². The average Bonchev–Trinajstić information content (AvgIpc) is 2.48. The molecule has 0 saturated heterocycles. The van der Waals surface area contributed by atoms with Crippen molar-refractivity contribution in [3.8, 4) is 0 Å². The lowest BCUT2D eigenvalue weighted by Gasteiger charge is -2.30. The van der Waals surface area contributed by atoms with E-state index in [0.29, 0.717) is 12.6 Å². The molecular formula is C18H27N3. The predicted octanol–water partition coefficient (Wildman–Crippen LogP) is 3.49. The lowest BCUT2D eigenvalue weighted by Crippen LogP contribution is -2.37. The van der Waals surface area contributed by atoms with Crippen molar-refractivity contribution in [3.05, 3.63) is 41.6 Å². The first kappa shape index (κ1) is 15.9. The summed E-state index contributed by atoms with van der Waals surface area (Å²) in [6.45, 7) is 9.19. The van der Waals surface area contributed by atoms with Gasteiger partial charge < -0.3 is 5.73 Å². The van der Waals surface area contributed by atoms with E-state index in [4.69, 9.17) is 5.73 Å². The zero-order chi connectivity index (χ0) is 15.2. The molecular weight excluding hydrogens is 258 g/mol. The number of hydrogen-bond donors (Lipinski definition) is 1. The Labute approximate surface area is 128 Å². The number of nitrogens with zero attached hydrogens (tertiary/aromatic N) is 2. The van der Waals surface area contributed by atoms with E-state index in [1.807, 2.05) is 0 Å². The number of hydrogen-bond acceptors (Lipinski definition) is 3. The van der Waals surface area contributed by atoms with Crippen LogP contribution in [-0.4, -0.2) is 29.0 Å². The maximum Gasteiger partial charge on any atom is 0.0708 e. The van der Waals surface area contributed by atoms with Gasteiger partial charge in [-0.05, 0) is 37.5 Å². The van der Waals surface area contributed by atoms with Gasteiger partial charge in [0.1, 0.15) is 0 Å². The minimum absolute atomic E-state index is 0.598. The molecule has 0 atom stereocenters. The summed E-state index contributed by atoms with van der Waals surface area (Å²) in [4.78, 5) is 7.15. The van der Waals surface area contributed by atoms with E-state index in [0.717, 1.165) is 24.3 Å². The summed E-state index contributed by atoms with van der Waals surface area (Å²) in [6, 6.07) is 11.2. The predicted molar refractivity (Wildman–Crippen MR) is 90.3 cm³/mol. The average molecular weight is 285 g/mol. The summed E-state index contributed by atoms with van der Waals surface area (Å²) in [6.07, 6.45) is 2.33. The fourth-order valence-corrected chi connectivity index (χ4v) is 3.11. The van der Waals surface area contributed by atoms with Crippen LogP contribution in [0.5, 0.6) is 0 Å². The molecule has 3 nitrogen and oxygen atoms in total. The van der Waals surface area contributed by atoms with Crippen LogP contribution in [0.25, 0.3) is 10.9 Å². The molecule has 2 rings (SSSR count). The van der Waals surface area contributed by atoms with Crippen LogP contribution in [0.15, 0.2) is 30.3 Å². The standard InChI is InChI=1S/C18H27N3/c1-4-16(5-2)21(11-10-19)13-15-12-14(3)20-18-9-7-6-8-17(15)18/h6-9,12,16H,4-5,10-11,13,19H2,1-3H3. The van der Waals surface area contributed by atoms with Crippen molar-refractivity contribution in [3.63, 3.8) is 0 Å². The molecule has 114 valence electrons. The Morgan fingerprint density at radius 1 is 1.19 bits per heavy atom. The molecule has 0 unspecified atom stereocenters. The first-order valence-electron chi connectivity index (χ1n) is 7.99. The quantitative estimate of drug-likeness (QED) is 0.846. The highest BCUT2D eigenvalue weighted by molar-refractivity contribution is 5.82. The summed E-state index contributed by atoms with van der Waals surface area (Å²) in [5.41, 5.74) is 9.35. The number of fused-ring (bicyclic) bond motifs is 1. The number of aryl methyl sites for hydroxylation is 1. The molecule has 0 radical (unpaired) electrons. The van der Waals surface area contributed by atoms with Crippen molar-refractivity contribution < 1.29 is 0 Å². The van der Waals surface area contributed by atoms with Gasteiger partial charge in [-0.2, -0.15) is 0 Å². The van der Waals surface area contributed by atoms with Crippen molar-refractivity contribution in [2.24, 2.45) is 5.73 Å². The Morgan fingerprint density at radius 3 is 2.57 bits per heavy atom. The first-order valence-corrected chi connectivity index (χ1v) is 7.99. The molecule has 3 heteroatoms. The van der Waals surface area contributed by atoms with E-state index >= 15 is 0 Å². The minimum atomic E-state index is 0.598. The van der Waals surface area contributed by atoms with Crippen LogP contribution in [0, 0.1) is 6.92 Å². The van der Waals surface area contributed by atoms with Gasteiger partial charge in [0.25, 0.3) is 0 Å². The van der Waals surface area contributed by atoms with Gasteiger partial charge >= 0.3 is 0 Å². The van der Waals surface area contributed by atoms with Crippen molar-refractivity contribution in [1.82, 2.24) is 9.88 Å². The highest BCUT2D eigenvalue weighted by atomic mass is 15.2. The van der Waals surface area contributed by atoms with Gasteiger partial charge in [-0.1, -0.05) is 32.0 Å². The smallest absolute Gasteiger partial charge is 0.0708 e. The van der Waals surface area contributed by atoms with E-state index in [1.54, 1.807) is 0 Å². The number of benzene rings is 1. The Bertz CT molecular complexity index is 576. The van der Waals surface area contributed by atoms with Crippen molar-refractivity contribution in [2.45, 2.75) is 46.2 Å². The molecule has 1 heterocycles. The van der Waals surface area contributed by atoms with Gasteiger partial charge in [0, 0.05) is 36.8 Å². The number of para-hydroxylation sites is 1. The van der Waals surface area contributed by atoms with Gasteiger partial charge in [0.2, 0.25) is 0 Å². The lowest BCUT2D eigenvalue weighted by atomic mass is 10.0. The van der Waals surface area contributed by atoms with Crippen LogP contribution in [0.2, 0.25) is 0 Å². The van der Waals surface area contributed by atoms with Crippen LogP contribution in [0.1, 0.15) is 37.9 Å². The van der Waals surface area contributed by atoms with E-state index in [1.165, 1.54) is 23.8 Å². The largest absolute Gasteiger partial charge is 0.329 e. The molecule has 0 aliphatic heterocycles. The topological polar surface area (TPSA) is 42.1 Å². The van der Waals surface area contributed by atoms with Crippen LogP contribution in [0.3, 0.4) is 0 Å². The van der Waals surface area contributed by atoms with Gasteiger partial charge in [0.05, 0.1) is 5.52 Å². The van der Waals surface area contributed by atoms with Gasteiger partial charge in [-0.15, -0.1) is 0 Å². The fourth-order valence-electron chi connectivity index (χ4n) is 3.11. The second-order valence-electron chi connectivity index (χ2n) is 5.67. The Morgan fingerprint density at radius 2 is 1.90 bits per heavy atom. The summed E-state index contributed by atoms with van der Waals surface area (Å²) in [7, 11) is 0. The molecule has 21 heavy (non-hydrogen) atoms. The Balaban J connectivity index is 2.35. The third-order valence-corrected chi connectivity index (χ3v) is 4.18. The monoisotopic (exact) mass is 285 g/mol. The van der Waals surface area contributed by atoms with Crippen LogP contribution in [-0.2, 0) is 6.54 Å². The van der Waals surface area contributed by atoms with Crippen LogP contribution < -0.4 is 5.73 Å². The number of pyridine rings is 1. The summed E-state index contributed by atoms with van der Waals surface area (Å²) < 4.78 is 0. The fraction of sp³-hybridized carbons (Fsp3) is 0.500. The van der Waals surface area contributed by atoms with E-state index in [-0.39, 0.29) is 0 Å². The molecule has 0 aliphatic carbocycles. The zero-order valence-electron chi connectivity index (χ0n) is 13.5. The summed E-state index contributed by atoms with van der Waals surface area (Å²) in [5, 5.41) is 1.26. The molecule has 1 aromatic carbocycles. The minimum Gasteiger partial charge on any atom is -0.329 e. The SMILES string of the molecule is CCC(CC)N(CCN)Cc1cc(C)nc2ccccc12. The third-order valence-electron chi connectivity index (χ3n) is 4.18. The maximum atomic E-state index is 5.82. The number of nitrogens with two attached hydrogens (primary N) is 1. The van der Waals surface area contributed by atoms with E-state index in [2.05, 4.69) is 61.0 Å². The molecule has 2 N–H and O–H groups in total. The van der Waals surface area contributed by atoms with Gasteiger partial charge in [0.15, 0.2) is 0 Å². The molecule has 0 amide bonds.